The Morgan fingerprint density at radius 1 is 1.32 bits per heavy atom. The molecule has 2 atom stereocenters. The Hall–Kier alpha value is -1.78. The van der Waals surface area contributed by atoms with Gasteiger partial charge in [0.05, 0.1) is 5.56 Å². The second kappa shape index (κ2) is 5.07. The van der Waals surface area contributed by atoms with Crippen LogP contribution in [0.5, 0.6) is 0 Å². The fourth-order valence-corrected chi connectivity index (χ4v) is 2.90. The summed E-state index contributed by atoms with van der Waals surface area (Å²) >= 11 is 0. The number of carboxylic acids is 1. The third-order valence-corrected chi connectivity index (χ3v) is 4.06. The van der Waals surface area contributed by atoms with Crippen LogP contribution in [0.1, 0.15) is 58.3 Å². The number of aryl methyl sites for hydroxylation is 1. The van der Waals surface area contributed by atoms with Gasteiger partial charge < -0.3 is 15.4 Å². The molecule has 1 saturated carbocycles. The Morgan fingerprint density at radius 2 is 2.00 bits per heavy atom. The van der Waals surface area contributed by atoms with Crippen molar-refractivity contribution >= 4 is 11.9 Å². The zero-order chi connectivity index (χ0) is 14.2. The summed E-state index contributed by atoms with van der Waals surface area (Å²) in [6.07, 6.45) is 3.27. The highest BCUT2D eigenvalue weighted by molar-refractivity contribution is 6.00. The maximum atomic E-state index is 12.3. The zero-order valence-electron chi connectivity index (χ0n) is 11.5. The van der Waals surface area contributed by atoms with Gasteiger partial charge in [-0.3, -0.25) is 4.79 Å². The number of rotatable bonds is 3. The van der Waals surface area contributed by atoms with Crippen LogP contribution in [0.3, 0.4) is 0 Å². The van der Waals surface area contributed by atoms with Crippen LogP contribution in [0.2, 0.25) is 0 Å². The van der Waals surface area contributed by atoms with E-state index in [-0.39, 0.29) is 17.6 Å². The minimum Gasteiger partial charge on any atom is -0.477 e. The predicted molar refractivity (Wildman–Crippen MR) is 71.5 cm³/mol. The van der Waals surface area contributed by atoms with E-state index in [0.717, 1.165) is 19.3 Å². The van der Waals surface area contributed by atoms with Crippen LogP contribution in [0.15, 0.2) is 0 Å². The minimum atomic E-state index is -1.03. The first kappa shape index (κ1) is 13.6. The van der Waals surface area contributed by atoms with Gasteiger partial charge in [-0.05, 0) is 38.2 Å². The summed E-state index contributed by atoms with van der Waals surface area (Å²) in [5.74, 6) is -0.714. The normalized spacial score (nSPS) is 22.5. The summed E-state index contributed by atoms with van der Waals surface area (Å²) in [4.78, 5) is 26.1. The lowest BCUT2D eigenvalue weighted by Gasteiger charge is -2.17. The molecule has 0 saturated heterocycles. The van der Waals surface area contributed by atoms with Crippen molar-refractivity contribution in [1.82, 2.24) is 10.3 Å². The molecule has 0 radical (unpaired) electrons. The Balaban J connectivity index is 2.22. The molecule has 1 aromatic heterocycles. The van der Waals surface area contributed by atoms with Crippen molar-refractivity contribution in [1.29, 1.82) is 0 Å². The first-order chi connectivity index (χ1) is 8.91. The van der Waals surface area contributed by atoms with E-state index in [4.69, 9.17) is 5.11 Å². The monoisotopic (exact) mass is 264 g/mol. The largest absolute Gasteiger partial charge is 0.477 e. The molecule has 0 aromatic carbocycles. The number of aromatic nitrogens is 1. The van der Waals surface area contributed by atoms with E-state index in [1.54, 1.807) is 13.8 Å². The number of nitrogens with one attached hydrogen (secondary N) is 2. The lowest BCUT2D eigenvalue weighted by atomic mass is 10.0. The molecule has 104 valence electrons. The summed E-state index contributed by atoms with van der Waals surface area (Å²) in [7, 11) is 0. The molecule has 5 nitrogen and oxygen atoms in total. The lowest BCUT2D eigenvalue weighted by Crippen LogP contribution is -2.36. The fourth-order valence-electron chi connectivity index (χ4n) is 2.90. The van der Waals surface area contributed by atoms with Gasteiger partial charge in [0.1, 0.15) is 5.69 Å². The van der Waals surface area contributed by atoms with Gasteiger partial charge in [0.25, 0.3) is 5.91 Å². The van der Waals surface area contributed by atoms with Gasteiger partial charge in [-0.2, -0.15) is 0 Å². The van der Waals surface area contributed by atoms with E-state index >= 15 is 0 Å². The molecule has 1 aliphatic rings. The molecule has 19 heavy (non-hydrogen) atoms. The van der Waals surface area contributed by atoms with Crippen LogP contribution in [-0.4, -0.2) is 28.0 Å². The standard InChI is InChI=1S/C14H20N2O3/c1-7-5-4-6-10(7)16-13(17)11-8(2)12(14(18)19)15-9(11)3/h7,10,15H,4-6H2,1-3H3,(H,16,17)(H,18,19). The number of carboxylic acid groups (broad SMARTS) is 1. The Kier molecular flexibility index (Phi) is 3.64. The van der Waals surface area contributed by atoms with E-state index in [0.29, 0.717) is 22.7 Å². The molecule has 0 aliphatic heterocycles. The van der Waals surface area contributed by atoms with E-state index in [1.807, 2.05) is 0 Å². The van der Waals surface area contributed by atoms with Crippen LogP contribution in [0.25, 0.3) is 0 Å². The number of aromatic carboxylic acids is 1. The second-order valence-corrected chi connectivity index (χ2v) is 5.42. The number of carbonyl (C=O) groups excluding carboxylic acids is 1. The topological polar surface area (TPSA) is 82.2 Å². The molecule has 0 bridgehead atoms. The van der Waals surface area contributed by atoms with Crippen molar-refractivity contribution < 1.29 is 14.7 Å². The quantitative estimate of drug-likeness (QED) is 0.783. The predicted octanol–water partition coefficient (Wildman–Crippen LogP) is 2.25. The van der Waals surface area contributed by atoms with E-state index in [2.05, 4.69) is 17.2 Å². The first-order valence-electron chi connectivity index (χ1n) is 6.65. The molecule has 2 rings (SSSR count). The fraction of sp³-hybridized carbons (Fsp3) is 0.571. The number of aromatic amines is 1. The smallest absolute Gasteiger partial charge is 0.352 e. The summed E-state index contributed by atoms with van der Waals surface area (Å²) in [6, 6.07) is 0.203. The number of hydrogen-bond donors (Lipinski definition) is 3. The molecule has 1 amide bonds. The maximum Gasteiger partial charge on any atom is 0.352 e. The summed E-state index contributed by atoms with van der Waals surface area (Å²) in [6.45, 7) is 5.53. The van der Waals surface area contributed by atoms with Crippen molar-refractivity contribution in [3.05, 3.63) is 22.5 Å². The molecule has 1 aromatic rings. The molecule has 1 aliphatic carbocycles. The van der Waals surface area contributed by atoms with Gasteiger partial charge in [0, 0.05) is 11.7 Å². The third kappa shape index (κ3) is 2.50. The Labute approximate surface area is 112 Å². The molecule has 0 spiro atoms. The van der Waals surface area contributed by atoms with Crippen LogP contribution in [0.4, 0.5) is 0 Å². The highest BCUT2D eigenvalue weighted by Gasteiger charge is 2.28. The van der Waals surface area contributed by atoms with Crippen molar-refractivity contribution in [2.45, 2.75) is 46.1 Å². The number of amides is 1. The lowest BCUT2D eigenvalue weighted by molar-refractivity contribution is 0.0690. The van der Waals surface area contributed by atoms with Crippen LogP contribution >= 0.6 is 0 Å². The highest BCUT2D eigenvalue weighted by Crippen LogP contribution is 2.26. The van der Waals surface area contributed by atoms with Crippen LogP contribution < -0.4 is 5.32 Å². The van der Waals surface area contributed by atoms with Crippen molar-refractivity contribution in [2.24, 2.45) is 5.92 Å². The number of H-pyrrole nitrogens is 1. The van der Waals surface area contributed by atoms with Crippen LogP contribution in [0, 0.1) is 19.8 Å². The highest BCUT2D eigenvalue weighted by atomic mass is 16.4. The number of carbonyl (C=O) groups is 2. The van der Waals surface area contributed by atoms with Gasteiger partial charge >= 0.3 is 5.97 Å². The van der Waals surface area contributed by atoms with E-state index in [9.17, 15) is 9.59 Å². The average Bonchev–Trinajstić information content (AvgIpc) is 2.84. The minimum absolute atomic E-state index is 0.0992. The molecular formula is C14H20N2O3. The van der Waals surface area contributed by atoms with Crippen molar-refractivity contribution in [3.63, 3.8) is 0 Å². The van der Waals surface area contributed by atoms with Gasteiger partial charge in [0.15, 0.2) is 0 Å². The van der Waals surface area contributed by atoms with Crippen molar-refractivity contribution in [3.8, 4) is 0 Å². The molecule has 2 unspecified atom stereocenters. The summed E-state index contributed by atoms with van der Waals surface area (Å²) in [5.41, 5.74) is 1.69. The van der Waals surface area contributed by atoms with E-state index in [1.165, 1.54) is 0 Å². The van der Waals surface area contributed by atoms with Crippen molar-refractivity contribution in [2.75, 3.05) is 0 Å². The average molecular weight is 264 g/mol. The molecule has 5 heteroatoms. The molecule has 1 fully saturated rings. The Morgan fingerprint density at radius 3 is 2.47 bits per heavy atom. The summed E-state index contributed by atoms with van der Waals surface area (Å²) < 4.78 is 0. The van der Waals surface area contributed by atoms with Crippen LogP contribution in [-0.2, 0) is 0 Å². The molecular weight excluding hydrogens is 244 g/mol. The zero-order valence-corrected chi connectivity index (χ0v) is 11.5. The second-order valence-electron chi connectivity index (χ2n) is 5.42. The molecule has 3 N–H and O–H groups in total. The van der Waals surface area contributed by atoms with Gasteiger partial charge in [-0.25, -0.2) is 4.79 Å². The Bertz CT molecular complexity index is 519. The maximum absolute atomic E-state index is 12.3. The summed E-state index contributed by atoms with van der Waals surface area (Å²) in [5, 5.41) is 12.1. The van der Waals surface area contributed by atoms with Gasteiger partial charge in [-0.15, -0.1) is 0 Å². The third-order valence-electron chi connectivity index (χ3n) is 4.06. The number of hydrogen-bond acceptors (Lipinski definition) is 2. The van der Waals surface area contributed by atoms with E-state index < -0.39 is 5.97 Å². The SMILES string of the molecule is Cc1[nH]c(C(=O)O)c(C)c1C(=O)NC1CCCC1C. The molecule has 1 heterocycles. The van der Waals surface area contributed by atoms with Gasteiger partial charge in [-0.1, -0.05) is 13.3 Å². The first-order valence-corrected chi connectivity index (χ1v) is 6.65. The van der Waals surface area contributed by atoms with Gasteiger partial charge in [0.2, 0.25) is 0 Å².